The maximum atomic E-state index is 14.2. The summed E-state index contributed by atoms with van der Waals surface area (Å²) in [5.41, 5.74) is 6.28. The van der Waals surface area contributed by atoms with Crippen molar-refractivity contribution in [3.05, 3.63) is 215 Å². The van der Waals surface area contributed by atoms with Crippen LogP contribution in [0.15, 0.2) is 182 Å². The van der Waals surface area contributed by atoms with Gasteiger partial charge in [-0.3, -0.25) is 19.4 Å². The zero-order valence-electron chi connectivity index (χ0n) is 42.6. The molecule has 4 saturated heterocycles. The first-order valence-electron chi connectivity index (χ1n) is 25.5. The summed E-state index contributed by atoms with van der Waals surface area (Å²) >= 11 is 0. The number of carbonyl (C=O) groups is 4. The second kappa shape index (κ2) is 28.5. The molecule has 4 N–H and O–H groups in total. The fraction of sp³-hybridized carbons (Fsp3) is 0.355. The number of ether oxygens (including phenoxy) is 1. The molecule has 13 heteroatoms. The molecule has 390 valence electrons. The molecule has 4 heterocycles. The number of methoxy groups -OCH3 is 1. The molecule has 6 atom stereocenters. The van der Waals surface area contributed by atoms with Crippen LogP contribution in [0.1, 0.15) is 91.2 Å². The van der Waals surface area contributed by atoms with Crippen molar-refractivity contribution in [1.82, 2.24) is 19.6 Å². The van der Waals surface area contributed by atoms with Crippen LogP contribution in [0.3, 0.4) is 0 Å². The summed E-state index contributed by atoms with van der Waals surface area (Å²) in [4.78, 5) is 61.9. The van der Waals surface area contributed by atoms with Gasteiger partial charge in [0.15, 0.2) is 0 Å². The number of hydrogen-bond acceptors (Lipinski definition) is 8. The quantitative estimate of drug-likeness (QED) is 0.103. The normalized spacial score (nSPS) is 21.2. The molecule has 0 aromatic heterocycles. The van der Waals surface area contributed by atoms with Crippen LogP contribution in [-0.2, 0) is 36.8 Å². The zero-order chi connectivity index (χ0) is 49.1. The van der Waals surface area contributed by atoms with Crippen molar-refractivity contribution in [3.8, 4) is 0 Å². The molecule has 6 aromatic rings. The molecule has 10 rings (SSSR count). The van der Waals surface area contributed by atoms with Crippen molar-refractivity contribution in [1.29, 1.82) is 0 Å². The summed E-state index contributed by atoms with van der Waals surface area (Å²) < 4.78 is 5.19. The monoisotopic (exact) mass is 1010 g/mol. The van der Waals surface area contributed by atoms with Crippen molar-refractivity contribution in [2.75, 3.05) is 33.3 Å². The molecule has 0 radical (unpaired) electrons. The number of aliphatic carboxylic acids is 1. The molecular formula is C62H73LiN4O8. The van der Waals surface area contributed by atoms with Gasteiger partial charge >= 0.3 is 30.8 Å². The second-order valence-electron chi connectivity index (χ2n) is 19.6. The van der Waals surface area contributed by atoms with Crippen molar-refractivity contribution < 1.29 is 58.8 Å². The Balaban J connectivity index is 0.000000263. The van der Waals surface area contributed by atoms with Crippen LogP contribution in [-0.4, -0.2) is 129 Å². The number of esters is 1. The molecule has 4 aliphatic heterocycles. The predicted molar refractivity (Wildman–Crippen MR) is 289 cm³/mol. The topological polar surface area (TPSA) is 172 Å². The SMILES string of the molecule is C.COC(=O)[C@@H]1C[C@H](N2CCCC2Cc2ccccc2)CN1C(=O)C(c1ccccc1)c1ccccc1.O.O=C(O)[C@@H]1C[C@H](N2CCCC2Cc2ccccc2)CN1C(=O)C(c1ccccc1)c1ccccc1.[Li+].[OH-]. The predicted octanol–water partition coefficient (Wildman–Crippen LogP) is 5.89. The molecule has 0 bridgehead atoms. The standard InChI is InChI=1S/C31H34N2O3.C30H32N2O3.CH4.Li.2H2O/c1-36-31(35)28-21-27(32-19-11-18-26(32)20-23-12-5-2-6-13-23)22-33(28)30(34)29(24-14-7-3-8-15-24)25-16-9-4-10-17-25;33-29(28(23-13-6-2-7-14-23)24-15-8-3-9-16-24)32-21-26(20-27(32)30(34)35)31-18-10-17-25(31)19-22-11-4-1-5-12-22;;;;/h2-10,12-17,26-29H,11,18-22H2,1H3;1-9,11-16,25-28H,10,17-21H2,(H,34,35);1H4;;2*1H2/q;;;+1;;/p-1/t26?,27-,28-;25?,26-,27-;;;;/m00..../s1. The first-order chi connectivity index (χ1) is 34.8. The minimum atomic E-state index is -0.917. The largest absolute Gasteiger partial charge is 1.00 e. The maximum Gasteiger partial charge on any atom is 1.00 e. The van der Waals surface area contributed by atoms with Gasteiger partial charge in [0.2, 0.25) is 11.8 Å². The van der Waals surface area contributed by atoms with Crippen LogP contribution in [0, 0.1) is 0 Å². The molecule has 6 aromatic carbocycles. The maximum absolute atomic E-state index is 14.2. The number of nitrogens with zero attached hydrogens (tertiary/aromatic N) is 4. The van der Waals surface area contributed by atoms with Crippen LogP contribution in [0.4, 0.5) is 0 Å². The minimum absolute atomic E-state index is 0. The summed E-state index contributed by atoms with van der Waals surface area (Å²) in [5, 5.41) is 10.1. The first-order valence-corrected chi connectivity index (χ1v) is 25.5. The summed E-state index contributed by atoms with van der Waals surface area (Å²) in [5.74, 6) is -2.39. The molecule has 75 heavy (non-hydrogen) atoms. The number of carboxylic acid groups (broad SMARTS) is 1. The number of hydrogen-bond donors (Lipinski definition) is 1. The van der Waals surface area contributed by atoms with Crippen LogP contribution in [0.25, 0.3) is 0 Å². The third kappa shape index (κ3) is 14.1. The Morgan fingerprint density at radius 3 is 1.15 bits per heavy atom. The van der Waals surface area contributed by atoms with Gasteiger partial charge in [-0.25, -0.2) is 9.59 Å². The van der Waals surface area contributed by atoms with Gasteiger partial charge in [0, 0.05) is 37.3 Å². The van der Waals surface area contributed by atoms with Gasteiger partial charge in [-0.05, 0) is 97.8 Å². The van der Waals surface area contributed by atoms with Crippen LogP contribution < -0.4 is 18.9 Å². The van der Waals surface area contributed by atoms with Crippen LogP contribution >= 0.6 is 0 Å². The van der Waals surface area contributed by atoms with E-state index in [1.807, 2.05) is 133 Å². The third-order valence-electron chi connectivity index (χ3n) is 15.3. The smallest absolute Gasteiger partial charge is 0.870 e. The summed E-state index contributed by atoms with van der Waals surface area (Å²) in [6.45, 7) is 2.95. The van der Waals surface area contributed by atoms with E-state index in [0.717, 1.165) is 73.9 Å². The van der Waals surface area contributed by atoms with Crippen LogP contribution in [0.5, 0.6) is 0 Å². The van der Waals surface area contributed by atoms with Gasteiger partial charge in [-0.15, -0.1) is 0 Å². The number of likely N-dealkylation sites (tertiary alicyclic amines) is 4. The molecule has 4 fully saturated rings. The fourth-order valence-corrected chi connectivity index (χ4v) is 11.9. The number of carbonyl (C=O) groups excluding carboxylic acids is 3. The van der Waals surface area contributed by atoms with E-state index >= 15 is 0 Å². The molecule has 0 aliphatic carbocycles. The Labute approximate surface area is 455 Å². The Bertz CT molecular complexity index is 2590. The van der Waals surface area contributed by atoms with Crippen molar-refractivity contribution in [2.24, 2.45) is 0 Å². The molecular weight excluding hydrogens is 936 g/mol. The van der Waals surface area contributed by atoms with Crippen molar-refractivity contribution in [2.45, 2.75) is 107 Å². The van der Waals surface area contributed by atoms with E-state index in [-0.39, 0.29) is 67.1 Å². The van der Waals surface area contributed by atoms with Gasteiger partial charge < -0.3 is 30.6 Å². The zero-order valence-corrected chi connectivity index (χ0v) is 42.6. The summed E-state index contributed by atoms with van der Waals surface area (Å²) in [6, 6.07) is 59.8. The van der Waals surface area contributed by atoms with Gasteiger partial charge in [-0.2, -0.15) is 0 Å². The Kier molecular flexibility index (Phi) is 22.6. The molecule has 0 spiro atoms. The number of rotatable bonds is 14. The Morgan fingerprint density at radius 2 is 0.827 bits per heavy atom. The Hall–Kier alpha value is -6.36. The van der Waals surface area contributed by atoms with E-state index in [0.29, 0.717) is 38.0 Å². The van der Waals surface area contributed by atoms with Gasteiger partial charge in [0.05, 0.1) is 18.9 Å². The molecule has 0 saturated carbocycles. The van der Waals surface area contributed by atoms with Gasteiger partial charge in [0.1, 0.15) is 12.1 Å². The molecule has 2 unspecified atom stereocenters. The first kappa shape index (κ1) is 59.5. The molecule has 4 aliphatic rings. The number of benzene rings is 6. The molecule has 2 amide bonds. The average molecular weight is 1010 g/mol. The minimum Gasteiger partial charge on any atom is -0.870 e. The van der Waals surface area contributed by atoms with E-state index in [9.17, 15) is 24.3 Å². The van der Waals surface area contributed by atoms with E-state index < -0.39 is 29.9 Å². The van der Waals surface area contributed by atoms with E-state index in [1.165, 1.54) is 18.2 Å². The van der Waals surface area contributed by atoms with E-state index in [1.54, 1.807) is 9.80 Å². The number of carboxylic acids is 1. The van der Waals surface area contributed by atoms with Crippen molar-refractivity contribution in [3.63, 3.8) is 0 Å². The summed E-state index contributed by atoms with van der Waals surface area (Å²) in [7, 11) is 1.41. The van der Waals surface area contributed by atoms with E-state index in [4.69, 9.17) is 4.74 Å². The number of amides is 2. The average Bonchev–Trinajstić information content (AvgIpc) is 4.26. The van der Waals surface area contributed by atoms with E-state index in [2.05, 4.69) is 58.3 Å². The van der Waals surface area contributed by atoms with Gasteiger partial charge in [-0.1, -0.05) is 189 Å². The summed E-state index contributed by atoms with van der Waals surface area (Å²) in [6.07, 6.45) is 7.53. The van der Waals surface area contributed by atoms with Crippen LogP contribution in [0.2, 0.25) is 0 Å². The second-order valence-corrected chi connectivity index (χ2v) is 19.6. The Morgan fingerprint density at radius 1 is 0.520 bits per heavy atom. The fourth-order valence-electron chi connectivity index (χ4n) is 11.9. The van der Waals surface area contributed by atoms with Crippen molar-refractivity contribution >= 4 is 23.8 Å². The van der Waals surface area contributed by atoms with Gasteiger partial charge in [0.25, 0.3) is 0 Å². The molecule has 12 nitrogen and oxygen atoms in total. The third-order valence-corrected chi connectivity index (χ3v) is 15.3.